The van der Waals surface area contributed by atoms with E-state index < -0.39 is 12.6 Å². The van der Waals surface area contributed by atoms with E-state index in [1.165, 1.54) is 0 Å². The first-order valence-corrected chi connectivity index (χ1v) is 7.01. The summed E-state index contributed by atoms with van der Waals surface area (Å²) in [6.07, 6.45) is 8.87. The molecule has 0 fully saturated rings. The number of sulfone groups is 1. The van der Waals surface area contributed by atoms with Crippen molar-refractivity contribution in [3.63, 3.8) is 0 Å². The highest BCUT2D eigenvalue weighted by Crippen LogP contribution is 2.33. The van der Waals surface area contributed by atoms with Gasteiger partial charge in [-0.25, -0.2) is 8.42 Å². The van der Waals surface area contributed by atoms with Crippen molar-refractivity contribution >= 4 is 32.4 Å². The van der Waals surface area contributed by atoms with Gasteiger partial charge < -0.3 is 0 Å². The molecule has 13 heavy (non-hydrogen) atoms. The van der Waals surface area contributed by atoms with Crippen LogP contribution in [0.15, 0.2) is 24.3 Å². The number of hydrogen-bond acceptors (Lipinski definition) is 2. The molecule has 1 rings (SSSR count). The van der Waals surface area contributed by atoms with Crippen LogP contribution < -0.4 is 0 Å². The number of rotatable bonds is 3. The highest BCUT2D eigenvalue weighted by atomic mass is 127. The van der Waals surface area contributed by atoms with E-state index in [1.807, 2.05) is 41.7 Å². The normalized spacial score (nSPS) is 20.5. The van der Waals surface area contributed by atoms with Gasteiger partial charge in [0.25, 0.3) is 0 Å². The Labute approximate surface area is 93.2 Å². The second-order valence-corrected chi connectivity index (χ2v) is 7.89. The van der Waals surface area contributed by atoms with Crippen molar-refractivity contribution in [1.82, 2.24) is 0 Å². The van der Waals surface area contributed by atoms with Gasteiger partial charge in [0.15, 0.2) is 12.6 Å². The molecule has 0 aromatic rings. The molecule has 74 valence electrons. The molecule has 0 saturated heterocycles. The van der Waals surface area contributed by atoms with Gasteiger partial charge in [-0.3, -0.25) is 0 Å². The molecule has 0 aromatic carbocycles. The fourth-order valence-corrected chi connectivity index (χ4v) is 3.85. The Morgan fingerprint density at radius 2 is 1.92 bits per heavy atom. The van der Waals surface area contributed by atoms with Crippen LogP contribution in [0.1, 0.15) is 19.8 Å². The molecule has 1 aliphatic carbocycles. The first-order valence-electron chi connectivity index (χ1n) is 4.28. The fourth-order valence-electron chi connectivity index (χ4n) is 1.22. The Morgan fingerprint density at radius 1 is 1.38 bits per heavy atom. The molecule has 0 amide bonds. The molecule has 2 nitrogen and oxygen atoms in total. The van der Waals surface area contributed by atoms with Gasteiger partial charge in [-0.1, -0.05) is 53.8 Å². The van der Waals surface area contributed by atoms with Crippen molar-refractivity contribution in [2.75, 3.05) is 5.75 Å². The van der Waals surface area contributed by atoms with E-state index in [2.05, 4.69) is 0 Å². The van der Waals surface area contributed by atoms with Crippen molar-refractivity contribution in [3.05, 3.63) is 24.3 Å². The lowest BCUT2D eigenvalue weighted by Crippen LogP contribution is -2.30. The molecule has 0 spiro atoms. The Hall–Kier alpha value is 0.160. The van der Waals surface area contributed by atoms with Crippen LogP contribution in [0.5, 0.6) is 0 Å². The third-order valence-electron chi connectivity index (χ3n) is 1.91. The predicted molar refractivity (Wildman–Crippen MR) is 63.7 cm³/mol. The first kappa shape index (κ1) is 11.2. The van der Waals surface area contributed by atoms with Crippen molar-refractivity contribution in [2.24, 2.45) is 0 Å². The molecule has 1 aliphatic rings. The van der Waals surface area contributed by atoms with E-state index in [9.17, 15) is 8.42 Å². The Kier molecular flexibility index (Phi) is 3.57. The van der Waals surface area contributed by atoms with Gasteiger partial charge >= 0.3 is 0 Å². The topological polar surface area (TPSA) is 34.1 Å². The quantitative estimate of drug-likeness (QED) is 0.456. The summed E-state index contributed by atoms with van der Waals surface area (Å²) in [7, 11) is -3.02. The van der Waals surface area contributed by atoms with E-state index in [0.29, 0.717) is 6.42 Å². The number of allylic oxidation sites excluding steroid dienone is 2. The standard InChI is InChI=1S/C9H13IO2S/c1-2-8-13(11,12)9(10)6-4-3-5-7-9/h4-7H,2-3,8H2,1H3. The first-order chi connectivity index (χ1) is 6.02. The van der Waals surface area contributed by atoms with Crippen LogP contribution in [0.4, 0.5) is 0 Å². The maximum absolute atomic E-state index is 11.8. The van der Waals surface area contributed by atoms with Crippen molar-refractivity contribution in [1.29, 1.82) is 0 Å². The SMILES string of the molecule is CCCS(=O)(=O)C1(I)C=CCC=C1. The molecule has 0 aliphatic heterocycles. The lowest BCUT2D eigenvalue weighted by atomic mass is 10.2. The van der Waals surface area contributed by atoms with Gasteiger partial charge in [0, 0.05) is 0 Å². The molecule has 0 saturated carbocycles. The van der Waals surface area contributed by atoms with Crippen LogP contribution >= 0.6 is 22.6 Å². The third kappa shape index (κ3) is 2.34. The number of halogens is 1. The van der Waals surface area contributed by atoms with Crippen LogP contribution in [0.25, 0.3) is 0 Å². The van der Waals surface area contributed by atoms with Gasteiger partial charge in [0.2, 0.25) is 0 Å². The summed E-state index contributed by atoms with van der Waals surface area (Å²) in [5, 5.41) is 0. The van der Waals surface area contributed by atoms with E-state index >= 15 is 0 Å². The zero-order valence-corrected chi connectivity index (χ0v) is 10.5. The van der Waals surface area contributed by atoms with E-state index in [4.69, 9.17) is 0 Å². The minimum Gasteiger partial charge on any atom is -0.227 e. The Balaban J connectivity index is 2.98. The van der Waals surface area contributed by atoms with Crippen LogP contribution in [0, 0.1) is 0 Å². The summed E-state index contributed by atoms with van der Waals surface area (Å²) >= 11 is 1.99. The van der Waals surface area contributed by atoms with E-state index in [1.54, 1.807) is 12.2 Å². The average molecular weight is 312 g/mol. The summed E-state index contributed by atoms with van der Waals surface area (Å²) in [5.41, 5.74) is 0. The van der Waals surface area contributed by atoms with Crippen LogP contribution in [-0.4, -0.2) is 16.9 Å². The zero-order valence-electron chi connectivity index (χ0n) is 7.53. The monoisotopic (exact) mass is 312 g/mol. The number of hydrogen-bond donors (Lipinski definition) is 0. The maximum Gasteiger partial charge on any atom is 0.172 e. The van der Waals surface area contributed by atoms with E-state index in [-0.39, 0.29) is 5.75 Å². The summed E-state index contributed by atoms with van der Waals surface area (Å²) in [4.78, 5) is 0. The second-order valence-electron chi connectivity index (χ2n) is 3.06. The molecular weight excluding hydrogens is 299 g/mol. The lowest BCUT2D eigenvalue weighted by Gasteiger charge is -2.22. The largest absolute Gasteiger partial charge is 0.227 e. The molecule has 0 atom stereocenters. The molecule has 4 heteroatoms. The van der Waals surface area contributed by atoms with Gasteiger partial charge in [-0.05, 0) is 12.8 Å². The van der Waals surface area contributed by atoms with Crippen molar-refractivity contribution < 1.29 is 8.42 Å². The van der Waals surface area contributed by atoms with Gasteiger partial charge in [-0.15, -0.1) is 0 Å². The third-order valence-corrected chi connectivity index (χ3v) is 6.82. The summed E-state index contributed by atoms with van der Waals surface area (Å²) in [6.45, 7) is 1.88. The van der Waals surface area contributed by atoms with Gasteiger partial charge in [-0.2, -0.15) is 0 Å². The van der Waals surface area contributed by atoms with Gasteiger partial charge in [0.1, 0.15) is 0 Å². The summed E-state index contributed by atoms with van der Waals surface area (Å²) < 4.78 is 22.8. The van der Waals surface area contributed by atoms with E-state index in [0.717, 1.165) is 6.42 Å². The summed E-state index contributed by atoms with van der Waals surface area (Å²) in [6, 6.07) is 0. The van der Waals surface area contributed by atoms with Crippen LogP contribution in [-0.2, 0) is 9.84 Å². The Bertz CT molecular complexity index is 316. The highest BCUT2D eigenvalue weighted by molar-refractivity contribution is 14.1. The molecule has 0 aromatic heterocycles. The maximum atomic E-state index is 11.8. The highest BCUT2D eigenvalue weighted by Gasteiger charge is 2.35. The zero-order chi connectivity index (χ0) is 9.95. The molecule has 0 N–H and O–H groups in total. The minimum atomic E-state index is -3.02. The van der Waals surface area contributed by atoms with Crippen molar-refractivity contribution in [3.8, 4) is 0 Å². The summed E-state index contributed by atoms with van der Waals surface area (Å²) in [5.74, 6) is 0.255. The lowest BCUT2D eigenvalue weighted by molar-refractivity contribution is 0.591. The van der Waals surface area contributed by atoms with Crippen LogP contribution in [0.2, 0.25) is 0 Å². The van der Waals surface area contributed by atoms with Crippen molar-refractivity contribution in [2.45, 2.75) is 22.5 Å². The fraction of sp³-hybridized carbons (Fsp3) is 0.556. The average Bonchev–Trinajstić information content (AvgIpc) is 2.05. The van der Waals surface area contributed by atoms with Crippen LogP contribution in [0.3, 0.4) is 0 Å². The second kappa shape index (κ2) is 4.13. The minimum absolute atomic E-state index is 0.255. The predicted octanol–water partition coefficient (Wildman–Crippen LogP) is 2.46. The molecule has 0 unspecified atom stereocenters. The molecule has 0 radical (unpaired) electrons. The number of alkyl halides is 1. The molecule has 0 bridgehead atoms. The Morgan fingerprint density at radius 3 is 2.38 bits per heavy atom. The molecular formula is C9H13IO2S. The molecule has 0 heterocycles. The smallest absolute Gasteiger partial charge is 0.172 e. The van der Waals surface area contributed by atoms with Gasteiger partial charge in [0.05, 0.1) is 5.75 Å².